The third-order valence-corrected chi connectivity index (χ3v) is 5.46. The van der Waals surface area contributed by atoms with Crippen molar-refractivity contribution in [3.8, 4) is 11.4 Å². The Morgan fingerprint density at radius 1 is 1.13 bits per heavy atom. The van der Waals surface area contributed by atoms with E-state index in [1.165, 1.54) is 4.90 Å². The van der Waals surface area contributed by atoms with Crippen LogP contribution < -0.4 is 0 Å². The molecule has 0 spiro atoms. The number of likely N-dealkylation sites (tertiary alicyclic amines) is 1. The van der Waals surface area contributed by atoms with Crippen LogP contribution in [0.2, 0.25) is 5.02 Å². The van der Waals surface area contributed by atoms with Gasteiger partial charge in [0, 0.05) is 35.4 Å². The molecule has 1 unspecified atom stereocenters. The molecule has 3 heterocycles. The molecule has 7 nitrogen and oxygen atoms in total. The lowest BCUT2D eigenvalue weighted by molar-refractivity contribution is -0.135. The molecule has 158 valence electrons. The molecule has 0 saturated carbocycles. The van der Waals surface area contributed by atoms with Crippen molar-refractivity contribution in [1.29, 1.82) is 0 Å². The summed E-state index contributed by atoms with van der Waals surface area (Å²) < 4.78 is 5.58. The SMILES string of the molecule is CC(C)(C)OC(=O)N1Cc2nc(-c3ccc(Cl)cc3)ncc2C1C(=O)N1CCCC1. The number of benzene rings is 1. The van der Waals surface area contributed by atoms with Crippen LogP contribution >= 0.6 is 11.6 Å². The van der Waals surface area contributed by atoms with Crippen LogP contribution in [0.1, 0.15) is 50.9 Å². The molecule has 1 fully saturated rings. The zero-order chi connectivity index (χ0) is 21.5. The maximum Gasteiger partial charge on any atom is 0.411 e. The number of aromatic nitrogens is 2. The molecule has 1 aromatic carbocycles. The molecule has 0 N–H and O–H groups in total. The molecule has 0 bridgehead atoms. The standard InChI is InChI=1S/C22H25ClN4O3/c1-22(2,3)30-21(29)27-13-17-16(18(27)20(28)26-10-4-5-11-26)12-24-19(25-17)14-6-8-15(23)9-7-14/h6-9,12,18H,4-5,10-11,13H2,1-3H3. The van der Waals surface area contributed by atoms with E-state index in [0.717, 1.165) is 18.4 Å². The molecule has 4 rings (SSSR count). The first kappa shape index (κ1) is 20.6. The molecule has 1 atom stereocenters. The Balaban J connectivity index is 1.69. The molecule has 2 aliphatic rings. The predicted octanol–water partition coefficient (Wildman–Crippen LogP) is 4.21. The minimum atomic E-state index is -0.757. The number of hydrogen-bond donors (Lipinski definition) is 0. The lowest BCUT2D eigenvalue weighted by Crippen LogP contribution is -2.43. The van der Waals surface area contributed by atoms with Crippen LogP contribution in [0.3, 0.4) is 0 Å². The van der Waals surface area contributed by atoms with Gasteiger partial charge in [0.2, 0.25) is 5.91 Å². The van der Waals surface area contributed by atoms with Crippen molar-refractivity contribution in [2.75, 3.05) is 13.1 Å². The Labute approximate surface area is 181 Å². The predicted molar refractivity (Wildman–Crippen MR) is 113 cm³/mol. The zero-order valence-corrected chi connectivity index (χ0v) is 18.1. The zero-order valence-electron chi connectivity index (χ0n) is 17.4. The number of rotatable bonds is 2. The Hall–Kier alpha value is -2.67. The summed E-state index contributed by atoms with van der Waals surface area (Å²) in [6, 6.07) is 6.49. The summed E-state index contributed by atoms with van der Waals surface area (Å²) in [6.07, 6.45) is 3.09. The minimum Gasteiger partial charge on any atom is -0.444 e. The van der Waals surface area contributed by atoms with Gasteiger partial charge in [0.15, 0.2) is 5.82 Å². The van der Waals surface area contributed by atoms with Crippen LogP contribution in [0.4, 0.5) is 4.79 Å². The highest BCUT2D eigenvalue weighted by molar-refractivity contribution is 6.30. The molecule has 2 aliphatic heterocycles. The fourth-order valence-electron chi connectivity index (χ4n) is 3.81. The van der Waals surface area contributed by atoms with E-state index >= 15 is 0 Å². The van der Waals surface area contributed by atoms with Gasteiger partial charge in [0.05, 0.1) is 12.2 Å². The van der Waals surface area contributed by atoms with Crippen molar-refractivity contribution in [2.45, 2.75) is 51.8 Å². The second-order valence-corrected chi connectivity index (χ2v) is 9.08. The van der Waals surface area contributed by atoms with Gasteiger partial charge >= 0.3 is 6.09 Å². The highest BCUT2D eigenvalue weighted by Gasteiger charge is 2.43. The van der Waals surface area contributed by atoms with Crippen molar-refractivity contribution in [1.82, 2.24) is 19.8 Å². The molecular weight excluding hydrogens is 404 g/mol. The summed E-state index contributed by atoms with van der Waals surface area (Å²) >= 11 is 5.97. The second-order valence-electron chi connectivity index (χ2n) is 8.65. The average molecular weight is 429 g/mol. The van der Waals surface area contributed by atoms with Crippen LogP contribution in [-0.2, 0) is 16.1 Å². The Bertz CT molecular complexity index is 965. The minimum absolute atomic E-state index is 0.0973. The number of hydrogen-bond acceptors (Lipinski definition) is 5. The summed E-state index contributed by atoms with van der Waals surface area (Å²) in [7, 11) is 0. The fourth-order valence-corrected chi connectivity index (χ4v) is 3.93. The van der Waals surface area contributed by atoms with Crippen molar-refractivity contribution in [3.05, 3.63) is 46.7 Å². The van der Waals surface area contributed by atoms with Gasteiger partial charge in [0.1, 0.15) is 11.6 Å². The van der Waals surface area contributed by atoms with Gasteiger partial charge < -0.3 is 9.64 Å². The number of nitrogens with zero attached hydrogens (tertiary/aromatic N) is 4. The Morgan fingerprint density at radius 3 is 2.43 bits per heavy atom. The second kappa shape index (κ2) is 7.87. The lowest BCUT2D eigenvalue weighted by atomic mass is 10.1. The average Bonchev–Trinajstić information content (AvgIpc) is 3.34. The van der Waals surface area contributed by atoms with Crippen LogP contribution in [0.15, 0.2) is 30.5 Å². The molecule has 2 aromatic rings. The van der Waals surface area contributed by atoms with E-state index in [0.29, 0.717) is 35.2 Å². The topological polar surface area (TPSA) is 75.6 Å². The maximum atomic E-state index is 13.3. The van der Waals surface area contributed by atoms with E-state index in [2.05, 4.69) is 9.97 Å². The first-order valence-corrected chi connectivity index (χ1v) is 10.5. The highest BCUT2D eigenvalue weighted by Crippen LogP contribution is 2.36. The Morgan fingerprint density at radius 2 is 1.80 bits per heavy atom. The van der Waals surface area contributed by atoms with Gasteiger partial charge in [-0.1, -0.05) is 11.6 Å². The number of carbonyl (C=O) groups is 2. The number of ether oxygens (including phenoxy) is 1. The molecule has 1 aromatic heterocycles. The summed E-state index contributed by atoms with van der Waals surface area (Å²) in [4.78, 5) is 38.6. The number of carbonyl (C=O) groups excluding carboxylic acids is 2. The van der Waals surface area contributed by atoms with Gasteiger partial charge in [-0.2, -0.15) is 0 Å². The van der Waals surface area contributed by atoms with Gasteiger partial charge in [0.25, 0.3) is 0 Å². The van der Waals surface area contributed by atoms with E-state index in [1.807, 2.05) is 37.8 Å². The molecule has 8 heteroatoms. The quantitative estimate of drug-likeness (QED) is 0.716. The van der Waals surface area contributed by atoms with Crippen molar-refractivity contribution < 1.29 is 14.3 Å². The molecule has 1 saturated heterocycles. The summed E-state index contributed by atoms with van der Waals surface area (Å²) in [5.74, 6) is 0.434. The summed E-state index contributed by atoms with van der Waals surface area (Å²) in [5, 5.41) is 0.632. The van der Waals surface area contributed by atoms with Crippen LogP contribution in [-0.4, -0.2) is 50.5 Å². The first-order valence-electron chi connectivity index (χ1n) is 10.1. The molecular formula is C22H25ClN4O3. The summed E-state index contributed by atoms with van der Waals surface area (Å²) in [5.41, 5.74) is 1.49. The summed E-state index contributed by atoms with van der Waals surface area (Å²) in [6.45, 7) is 7.04. The van der Waals surface area contributed by atoms with Crippen LogP contribution in [0, 0.1) is 0 Å². The molecule has 0 radical (unpaired) electrons. The van der Waals surface area contributed by atoms with Gasteiger partial charge in [-0.3, -0.25) is 9.69 Å². The maximum absolute atomic E-state index is 13.3. The van der Waals surface area contributed by atoms with Crippen LogP contribution in [0.5, 0.6) is 0 Å². The molecule has 2 amide bonds. The van der Waals surface area contributed by atoms with Gasteiger partial charge in [-0.15, -0.1) is 0 Å². The molecule has 30 heavy (non-hydrogen) atoms. The van der Waals surface area contributed by atoms with E-state index in [9.17, 15) is 9.59 Å². The van der Waals surface area contributed by atoms with Crippen molar-refractivity contribution >= 4 is 23.6 Å². The smallest absolute Gasteiger partial charge is 0.411 e. The van der Waals surface area contributed by atoms with E-state index < -0.39 is 17.7 Å². The van der Waals surface area contributed by atoms with Crippen molar-refractivity contribution in [3.63, 3.8) is 0 Å². The Kier molecular flexibility index (Phi) is 5.40. The monoisotopic (exact) mass is 428 g/mol. The fraction of sp³-hybridized carbons (Fsp3) is 0.455. The number of amides is 2. The third kappa shape index (κ3) is 4.12. The van der Waals surface area contributed by atoms with Gasteiger partial charge in [-0.25, -0.2) is 14.8 Å². The third-order valence-electron chi connectivity index (χ3n) is 5.21. The van der Waals surface area contributed by atoms with E-state index in [4.69, 9.17) is 16.3 Å². The van der Waals surface area contributed by atoms with Crippen LogP contribution in [0.25, 0.3) is 11.4 Å². The number of halogens is 1. The normalized spacial score (nSPS) is 18.5. The van der Waals surface area contributed by atoms with Gasteiger partial charge in [-0.05, 0) is 57.9 Å². The molecule has 0 aliphatic carbocycles. The lowest BCUT2D eigenvalue weighted by Gasteiger charge is -2.30. The van der Waals surface area contributed by atoms with Crippen molar-refractivity contribution in [2.24, 2.45) is 0 Å². The largest absolute Gasteiger partial charge is 0.444 e. The highest BCUT2D eigenvalue weighted by atomic mass is 35.5. The van der Waals surface area contributed by atoms with E-state index in [1.54, 1.807) is 18.3 Å². The first-order chi connectivity index (χ1) is 14.2. The van der Waals surface area contributed by atoms with E-state index in [-0.39, 0.29) is 12.5 Å². The number of fused-ring (bicyclic) bond motifs is 1.